The monoisotopic (exact) mass is 179 g/mol. The van der Waals surface area contributed by atoms with Crippen LogP contribution in [0.1, 0.15) is 0 Å². The van der Waals surface area contributed by atoms with Gasteiger partial charge in [-0.25, -0.2) is 8.78 Å². The van der Waals surface area contributed by atoms with Crippen molar-refractivity contribution >= 4 is 0 Å². The third-order valence-electron chi connectivity index (χ3n) is 1.81. The van der Waals surface area contributed by atoms with Gasteiger partial charge in [0, 0.05) is 12.4 Å². The first kappa shape index (κ1) is 7.98. The Labute approximate surface area is 74.2 Å². The van der Waals surface area contributed by atoms with Gasteiger partial charge in [-0.3, -0.25) is 0 Å². The van der Waals surface area contributed by atoms with Crippen LogP contribution in [-0.4, -0.2) is 4.57 Å². The van der Waals surface area contributed by atoms with Crippen LogP contribution in [0.2, 0.25) is 0 Å². The molecule has 0 N–H and O–H groups in total. The number of benzene rings is 1. The number of nitrogens with zero attached hydrogens (tertiary/aromatic N) is 1. The first-order valence-electron chi connectivity index (χ1n) is 3.86. The van der Waals surface area contributed by atoms with Gasteiger partial charge in [-0.15, -0.1) is 0 Å². The average Bonchev–Trinajstić information content (AvgIpc) is 2.62. The molecule has 0 aliphatic carbocycles. The van der Waals surface area contributed by atoms with Crippen molar-refractivity contribution in [2.75, 3.05) is 0 Å². The van der Waals surface area contributed by atoms with Gasteiger partial charge >= 0.3 is 0 Å². The van der Waals surface area contributed by atoms with E-state index < -0.39 is 11.6 Å². The van der Waals surface area contributed by atoms with Gasteiger partial charge in [0.25, 0.3) is 0 Å². The van der Waals surface area contributed by atoms with E-state index >= 15 is 0 Å². The lowest BCUT2D eigenvalue weighted by Crippen LogP contribution is -1.96. The fourth-order valence-electron chi connectivity index (χ4n) is 1.19. The van der Waals surface area contributed by atoms with Crippen LogP contribution in [0.3, 0.4) is 0 Å². The molecule has 66 valence electrons. The molecular weight excluding hydrogens is 172 g/mol. The van der Waals surface area contributed by atoms with Crippen LogP contribution in [0.15, 0.2) is 42.7 Å². The standard InChI is InChI=1S/C10H7F2N/c11-8-4-3-5-9(10(8)12)13-6-1-2-7-13/h1-7H. The predicted octanol–water partition coefficient (Wildman–Crippen LogP) is 2.76. The van der Waals surface area contributed by atoms with E-state index in [0.717, 1.165) is 6.07 Å². The van der Waals surface area contributed by atoms with Crippen molar-refractivity contribution < 1.29 is 8.78 Å². The summed E-state index contributed by atoms with van der Waals surface area (Å²) in [6.07, 6.45) is 3.33. The SMILES string of the molecule is Fc1cccc(-n2cccc2)c1F. The minimum Gasteiger partial charge on any atom is -0.321 e. The fraction of sp³-hybridized carbons (Fsp3) is 0. The zero-order valence-corrected chi connectivity index (χ0v) is 6.74. The molecule has 1 aromatic carbocycles. The average molecular weight is 179 g/mol. The molecule has 0 radical (unpaired) electrons. The molecule has 3 heteroatoms. The second-order valence-corrected chi connectivity index (χ2v) is 2.66. The summed E-state index contributed by atoms with van der Waals surface area (Å²) in [6.45, 7) is 0. The van der Waals surface area contributed by atoms with Crippen LogP contribution in [0.5, 0.6) is 0 Å². The van der Waals surface area contributed by atoms with Gasteiger partial charge in [0.1, 0.15) is 0 Å². The highest BCUT2D eigenvalue weighted by Crippen LogP contribution is 2.15. The van der Waals surface area contributed by atoms with Crippen molar-refractivity contribution in [1.82, 2.24) is 4.57 Å². The smallest absolute Gasteiger partial charge is 0.182 e. The van der Waals surface area contributed by atoms with Crippen LogP contribution in [0, 0.1) is 11.6 Å². The number of rotatable bonds is 1. The Kier molecular flexibility index (Phi) is 1.85. The summed E-state index contributed by atoms with van der Waals surface area (Å²) in [7, 11) is 0. The Morgan fingerprint density at radius 2 is 1.62 bits per heavy atom. The van der Waals surface area contributed by atoms with E-state index in [4.69, 9.17) is 0 Å². The Morgan fingerprint density at radius 1 is 0.923 bits per heavy atom. The van der Waals surface area contributed by atoms with Crippen LogP contribution in [-0.2, 0) is 0 Å². The van der Waals surface area contributed by atoms with Gasteiger partial charge in [-0.05, 0) is 24.3 Å². The molecule has 0 fully saturated rings. The molecule has 0 aliphatic heterocycles. The second-order valence-electron chi connectivity index (χ2n) is 2.66. The summed E-state index contributed by atoms with van der Waals surface area (Å²) in [5.41, 5.74) is 0.227. The molecule has 0 spiro atoms. The van der Waals surface area contributed by atoms with Gasteiger partial charge in [0.15, 0.2) is 11.6 Å². The molecule has 2 aromatic rings. The van der Waals surface area contributed by atoms with E-state index in [2.05, 4.69) is 0 Å². The Bertz CT molecular complexity index is 407. The minimum atomic E-state index is -0.828. The molecule has 1 aromatic heterocycles. The quantitative estimate of drug-likeness (QED) is 0.634. The molecule has 0 bridgehead atoms. The maximum Gasteiger partial charge on any atom is 0.182 e. The van der Waals surface area contributed by atoms with E-state index in [9.17, 15) is 8.78 Å². The van der Waals surface area contributed by atoms with Crippen LogP contribution in [0.25, 0.3) is 5.69 Å². The minimum absolute atomic E-state index is 0.227. The molecular formula is C10H7F2N. The molecule has 0 unspecified atom stereocenters. The highest BCUT2D eigenvalue weighted by atomic mass is 19.2. The molecule has 0 atom stereocenters. The number of halogens is 2. The fourth-order valence-corrected chi connectivity index (χ4v) is 1.19. The van der Waals surface area contributed by atoms with Gasteiger partial charge in [0.05, 0.1) is 5.69 Å². The Hall–Kier alpha value is -1.64. The predicted molar refractivity (Wildman–Crippen MR) is 45.7 cm³/mol. The second kappa shape index (κ2) is 3.01. The molecule has 13 heavy (non-hydrogen) atoms. The zero-order valence-electron chi connectivity index (χ0n) is 6.74. The lowest BCUT2D eigenvalue weighted by Gasteiger charge is -2.03. The van der Waals surface area contributed by atoms with Crippen LogP contribution >= 0.6 is 0 Å². The van der Waals surface area contributed by atoms with E-state index in [-0.39, 0.29) is 5.69 Å². The number of aromatic nitrogens is 1. The molecule has 0 amide bonds. The van der Waals surface area contributed by atoms with Crippen molar-refractivity contribution in [2.24, 2.45) is 0 Å². The summed E-state index contributed by atoms with van der Waals surface area (Å²) in [4.78, 5) is 0. The Morgan fingerprint density at radius 3 is 2.31 bits per heavy atom. The molecule has 0 saturated carbocycles. The molecule has 2 rings (SSSR count). The number of hydrogen-bond donors (Lipinski definition) is 0. The molecule has 1 heterocycles. The first-order valence-corrected chi connectivity index (χ1v) is 3.86. The van der Waals surface area contributed by atoms with Gasteiger partial charge in [-0.2, -0.15) is 0 Å². The Balaban J connectivity index is 2.59. The summed E-state index contributed by atoms with van der Waals surface area (Å²) in [5.74, 6) is -1.65. The normalized spacial score (nSPS) is 10.3. The van der Waals surface area contributed by atoms with E-state index in [1.165, 1.54) is 16.7 Å². The largest absolute Gasteiger partial charge is 0.321 e. The third-order valence-corrected chi connectivity index (χ3v) is 1.81. The third kappa shape index (κ3) is 1.33. The summed E-state index contributed by atoms with van der Waals surface area (Å²) < 4.78 is 27.5. The van der Waals surface area contributed by atoms with Crippen molar-refractivity contribution in [3.05, 3.63) is 54.4 Å². The first-order chi connectivity index (χ1) is 6.29. The topological polar surface area (TPSA) is 4.93 Å². The lowest BCUT2D eigenvalue weighted by molar-refractivity contribution is 0.504. The van der Waals surface area contributed by atoms with E-state index in [1.54, 1.807) is 24.5 Å². The van der Waals surface area contributed by atoms with Crippen LogP contribution < -0.4 is 0 Å². The summed E-state index contributed by atoms with van der Waals surface area (Å²) in [5, 5.41) is 0. The maximum absolute atomic E-state index is 13.2. The van der Waals surface area contributed by atoms with Crippen molar-refractivity contribution in [3.8, 4) is 5.69 Å². The summed E-state index contributed by atoms with van der Waals surface area (Å²) >= 11 is 0. The van der Waals surface area contributed by atoms with Gasteiger partial charge in [0.2, 0.25) is 0 Å². The van der Waals surface area contributed by atoms with Crippen LogP contribution in [0.4, 0.5) is 8.78 Å². The number of hydrogen-bond acceptors (Lipinski definition) is 0. The molecule has 1 nitrogen and oxygen atoms in total. The van der Waals surface area contributed by atoms with E-state index in [0.29, 0.717) is 0 Å². The van der Waals surface area contributed by atoms with E-state index in [1.807, 2.05) is 0 Å². The molecule has 0 aliphatic rings. The van der Waals surface area contributed by atoms with Crippen molar-refractivity contribution in [1.29, 1.82) is 0 Å². The highest BCUT2D eigenvalue weighted by molar-refractivity contribution is 5.34. The summed E-state index contributed by atoms with van der Waals surface area (Å²) in [6, 6.07) is 7.61. The lowest BCUT2D eigenvalue weighted by atomic mass is 10.3. The van der Waals surface area contributed by atoms with Gasteiger partial charge in [-0.1, -0.05) is 6.07 Å². The highest BCUT2D eigenvalue weighted by Gasteiger charge is 2.07. The maximum atomic E-state index is 13.2. The van der Waals surface area contributed by atoms with Crippen molar-refractivity contribution in [3.63, 3.8) is 0 Å². The molecule has 0 saturated heterocycles. The zero-order chi connectivity index (χ0) is 9.26. The van der Waals surface area contributed by atoms with Crippen molar-refractivity contribution in [2.45, 2.75) is 0 Å². The van der Waals surface area contributed by atoms with Gasteiger partial charge < -0.3 is 4.57 Å².